The molecule has 0 fully saturated rings. The zero-order valence-electron chi connectivity index (χ0n) is 11.5. The first-order chi connectivity index (χ1) is 9.36. The molecule has 0 saturated heterocycles. The van der Waals surface area contributed by atoms with Gasteiger partial charge in [-0.3, -0.25) is 4.55 Å². The van der Waals surface area contributed by atoms with Crippen molar-refractivity contribution in [3.05, 3.63) is 48.0 Å². The number of nitrogens with zero attached hydrogens (tertiary/aromatic N) is 2. The van der Waals surface area contributed by atoms with E-state index in [9.17, 15) is 13.5 Å². The summed E-state index contributed by atoms with van der Waals surface area (Å²) in [6.45, 7) is 1.68. The minimum absolute atomic E-state index is 0. The van der Waals surface area contributed by atoms with Gasteiger partial charge in [-0.15, -0.1) is 5.75 Å². The number of aryl methyl sites for hydroxylation is 1. The summed E-state index contributed by atoms with van der Waals surface area (Å²) in [6, 6.07) is 9.86. The quantitative estimate of drug-likeness (QED) is 0.479. The maximum Gasteiger partial charge on any atom is 1.00 e. The van der Waals surface area contributed by atoms with Crippen molar-refractivity contribution in [1.29, 1.82) is 0 Å². The van der Waals surface area contributed by atoms with Crippen molar-refractivity contribution in [2.45, 2.75) is 11.8 Å². The van der Waals surface area contributed by atoms with Gasteiger partial charge in [0, 0.05) is 0 Å². The normalized spacial score (nSPS) is 11.3. The van der Waals surface area contributed by atoms with Gasteiger partial charge in [0.05, 0.1) is 16.3 Å². The largest absolute Gasteiger partial charge is 1.00 e. The molecule has 0 aliphatic carbocycles. The van der Waals surface area contributed by atoms with E-state index in [2.05, 4.69) is 10.2 Å². The van der Waals surface area contributed by atoms with Gasteiger partial charge >= 0.3 is 29.6 Å². The smallest absolute Gasteiger partial charge is 0.872 e. The first-order valence-electron chi connectivity index (χ1n) is 5.63. The third kappa shape index (κ3) is 4.90. The van der Waals surface area contributed by atoms with Crippen LogP contribution in [0.4, 0.5) is 11.4 Å². The molecule has 104 valence electrons. The van der Waals surface area contributed by atoms with Crippen molar-refractivity contribution < 1.29 is 47.6 Å². The second-order valence-corrected chi connectivity index (χ2v) is 5.54. The molecule has 2 aromatic rings. The first-order valence-corrected chi connectivity index (χ1v) is 7.07. The van der Waals surface area contributed by atoms with Crippen LogP contribution in [0.15, 0.2) is 57.6 Å². The maximum atomic E-state index is 11.2. The Morgan fingerprint density at radius 1 is 1.00 bits per heavy atom. The average molecular weight is 314 g/mol. The summed E-state index contributed by atoms with van der Waals surface area (Å²) in [5.41, 5.74) is 1.53. The topological polar surface area (TPSA) is 102 Å². The monoisotopic (exact) mass is 314 g/mol. The first kappa shape index (κ1) is 17.8. The van der Waals surface area contributed by atoms with Crippen LogP contribution in [0, 0.1) is 6.92 Å². The Hall–Kier alpha value is -1.25. The van der Waals surface area contributed by atoms with E-state index in [0.29, 0.717) is 16.9 Å². The Labute approximate surface area is 144 Å². The van der Waals surface area contributed by atoms with Crippen LogP contribution >= 0.6 is 0 Å². The molecular formula is C13H11N2NaO4S. The molecule has 21 heavy (non-hydrogen) atoms. The third-order valence-electron chi connectivity index (χ3n) is 2.57. The van der Waals surface area contributed by atoms with Crippen molar-refractivity contribution in [3.8, 4) is 5.75 Å². The number of hydrogen-bond acceptors (Lipinski definition) is 5. The van der Waals surface area contributed by atoms with Gasteiger partial charge < -0.3 is 5.11 Å². The standard InChI is InChI=1S/C13H12N2O4S.Na/c1-9-8-11(4-7-13(9)16)15-14-10-2-5-12(6-3-10)20(17,18)19;/h2-8,16H,1H3,(H,17,18,19);/q;+1/p-1. The minimum Gasteiger partial charge on any atom is -0.872 e. The van der Waals surface area contributed by atoms with Gasteiger partial charge in [-0.1, -0.05) is 11.6 Å². The van der Waals surface area contributed by atoms with Crippen LogP contribution in [0.25, 0.3) is 0 Å². The Balaban J connectivity index is 0.00000220. The molecule has 0 atom stereocenters. The molecule has 0 aliphatic heterocycles. The van der Waals surface area contributed by atoms with Crippen molar-refractivity contribution in [2.75, 3.05) is 0 Å². The molecule has 0 aromatic heterocycles. The van der Waals surface area contributed by atoms with Crippen LogP contribution in [-0.2, 0) is 10.1 Å². The van der Waals surface area contributed by atoms with E-state index in [0.717, 1.165) is 0 Å². The summed E-state index contributed by atoms with van der Waals surface area (Å²) in [4.78, 5) is -0.206. The van der Waals surface area contributed by atoms with Crippen molar-refractivity contribution in [3.63, 3.8) is 0 Å². The summed E-state index contributed by atoms with van der Waals surface area (Å²) in [5, 5.41) is 19.1. The number of rotatable bonds is 3. The van der Waals surface area contributed by atoms with E-state index < -0.39 is 10.1 Å². The predicted octanol–water partition coefficient (Wildman–Crippen LogP) is -0.265. The van der Waals surface area contributed by atoms with Crippen molar-refractivity contribution in [1.82, 2.24) is 0 Å². The molecule has 0 saturated carbocycles. The summed E-state index contributed by atoms with van der Waals surface area (Å²) in [5.74, 6) is -0.0681. The Bertz CT molecular complexity index is 758. The van der Waals surface area contributed by atoms with Gasteiger partial charge in [0.25, 0.3) is 10.1 Å². The molecule has 0 heterocycles. The zero-order chi connectivity index (χ0) is 14.8. The van der Waals surface area contributed by atoms with Crippen LogP contribution in [0.2, 0.25) is 0 Å². The molecule has 2 rings (SSSR count). The molecule has 0 bridgehead atoms. The fraction of sp³-hybridized carbons (Fsp3) is 0.0769. The number of hydrogen-bond donors (Lipinski definition) is 1. The maximum absolute atomic E-state index is 11.2. The van der Waals surface area contributed by atoms with E-state index in [-0.39, 0.29) is 40.2 Å². The van der Waals surface area contributed by atoms with E-state index >= 15 is 0 Å². The Morgan fingerprint density at radius 2 is 1.52 bits per heavy atom. The Kier molecular flexibility index (Phi) is 6.06. The Morgan fingerprint density at radius 3 is 2.05 bits per heavy atom. The molecule has 0 amide bonds. The molecule has 2 aromatic carbocycles. The molecule has 0 aliphatic rings. The van der Waals surface area contributed by atoms with E-state index in [1.807, 2.05) is 0 Å². The van der Waals surface area contributed by atoms with Gasteiger partial charge in [0.15, 0.2) is 0 Å². The predicted molar refractivity (Wildman–Crippen MR) is 71.1 cm³/mol. The van der Waals surface area contributed by atoms with Gasteiger partial charge in [-0.25, -0.2) is 0 Å². The fourth-order valence-corrected chi connectivity index (χ4v) is 1.98. The molecule has 0 radical (unpaired) electrons. The number of benzene rings is 2. The molecule has 0 spiro atoms. The second kappa shape index (κ2) is 7.15. The summed E-state index contributed by atoms with van der Waals surface area (Å²) < 4.78 is 30.6. The van der Waals surface area contributed by atoms with Crippen molar-refractivity contribution >= 4 is 21.5 Å². The SMILES string of the molecule is Cc1cc(N=Nc2ccc(S(=O)(=O)O)cc2)ccc1[O-].[Na+]. The molecule has 6 nitrogen and oxygen atoms in total. The van der Waals surface area contributed by atoms with Gasteiger partial charge in [0.1, 0.15) is 0 Å². The average Bonchev–Trinajstić information content (AvgIpc) is 2.40. The van der Waals surface area contributed by atoms with Crippen LogP contribution < -0.4 is 34.7 Å². The van der Waals surface area contributed by atoms with E-state index in [4.69, 9.17) is 4.55 Å². The summed E-state index contributed by atoms with van der Waals surface area (Å²) >= 11 is 0. The zero-order valence-corrected chi connectivity index (χ0v) is 14.3. The number of azo groups is 1. The van der Waals surface area contributed by atoms with Gasteiger partial charge in [0.2, 0.25) is 0 Å². The van der Waals surface area contributed by atoms with Gasteiger partial charge in [-0.2, -0.15) is 18.6 Å². The summed E-state index contributed by atoms with van der Waals surface area (Å²) in [6.07, 6.45) is 0. The van der Waals surface area contributed by atoms with Crippen LogP contribution in [0.1, 0.15) is 5.56 Å². The fourth-order valence-electron chi connectivity index (χ4n) is 1.50. The molecule has 8 heteroatoms. The van der Waals surface area contributed by atoms with Gasteiger partial charge in [-0.05, 0) is 43.3 Å². The van der Waals surface area contributed by atoms with Crippen LogP contribution in [0.5, 0.6) is 5.75 Å². The third-order valence-corrected chi connectivity index (χ3v) is 3.44. The minimum atomic E-state index is -4.20. The molecule has 1 N–H and O–H groups in total. The van der Waals surface area contributed by atoms with E-state index in [1.54, 1.807) is 19.1 Å². The molecular weight excluding hydrogens is 303 g/mol. The van der Waals surface area contributed by atoms with Crippen LogP contribution in [0.3, 0.4) is 0 Å². The summed E-state index contributed by atoms with van der Waals surface area (Å²) in [7, 11) is -4.20. The van der Waals surface area contributed by atoms with Crippen LogP contribution in [-0.4, -0.2) is 13.0 Å². The van der Waals surface area contributed by atoms with E-state index in [1.165, 1.54) is 30.3 Å². The molecule has 0 unspecified atom stereocenters. The van der Waals surface area contributed by atoms with Crippen molar-refractivity contribution in [2.24, 2.45) is 10.2 Å². The second-order valence-electron chi connectivity index (χ2n) is 4.12.